The van der Waals surface area contributed by atoms with E-state index in [0.29, 0.717) is 11.6 Å². The normalized spacial score (nSPS) is 10.9. The summed E-state index contributed by atoms with van der Waals surface area (Å²) in [7, 11) is 0. The molecule has 0 bridgehead atoms. The van der Waals surface area contributed by atoms with E-state index in [-0.39, 0.29) is 11.9 Å². The number of aromatic nitrogens is 2. The molecule has 0 atom stereocenters. The number of halogens is 1. The van der Waals surface area contributed by atoms with Crippen LogP contribution >= 0.6 is 0 Å². The molecule has 0 spiro atoms. The largest absolute Gasteiger partial charge is 0.367 e. The van der Waals surface area contributed by atoms with Gasteiger partial charge in [0.2, 0.25) is 5.95 Å². The van der Waals surface area contributed by atoms with Crippen molar-refractivity contribution < 1.29 is 4.39 Å². The predicted molar refractivity (Wildman–Crippen MR) is 88.0 cm³/mol. The van der Waals surface area contributed by atoms with Gasteiger partial charge in [0.05, 0.1) is 11.2 Å². The van der Waals surface area contributed by atoms with Gasteiger partial charge in [0, 0.05) is 11.4 Å². The van der Waals surface area contributed by atoms with Crippen LogP contribution < -0.4 is 10.6 Å². The maximum Gasteiger partial charge on any atom is 0.229 e. The molecule has 0 amide bonds. The zero-order chi connectivity index (χ0) is 15.5. The van der Waals surface area contributed by atoms with E-state index in [2.05, 4.69) is 20.6 Å². The van der Waals surface area contributed by atoms with E-state index in [0.717, 1.165) is 16.7 Å². The lowest BCUT2D eigenvalue weighted by Gasteiger charge is -2.14. The van der Waals surface area contributed by atoms with Gasteiger partial charge in [0.1, 0.15) is 11.6 Å². The summed E-state index contributed by atoms with van der Waals surface area (Å²) in [6, 6.07) is 14.4. The molecule has 2 aromatic carbocycles. The lowest BCUT2D eigenvalue weighted by Crippen LogP contribution is -2.12. The molecule has 5 heteroatoms. The summed E-state index contributed by atoms with van der Waals surface area (Å²) in [5.41, 5.74) is 1.16. The zero-order valence-corrected chi connectivity index (χ0v) is 12.5. The van der Waals surface area contributed by atoms with E-state index in [1.165, 1.54) is 6.07 Å². The van der Waals surface area contributed by atoms with Crippen LogP contribution in [-0.4, -0.2) is 16.0 Å². The molecule has 0 saturated carbocycles. The van der Waals surface area contributed by atoms with E-state index >= 15 is 0 Å². The highest BCUT2D eigenvalue weighted by Gasteiger charge is 2.10. The van der Waals surface area contributed by atoms with Crippen LogP contribution in [0.5, 0.6) is 0 Å². The van der Waals surface area contributed by atoms with Crippen molar-refractivity contribution in [3.05, 3.63) is 54.3 Å². The Morgan fingerprint density at radius 3 is 2.45 bits per heavy atom. The number of nitrogens with zero attached hydrogens (tertiary/aromatic N) is 2. The van der Waals surface area contributed by atoms with Crippen LogP contribution in [0, 0.1) is 5.82 Å². The van der Waals surface area contributed by atoms with Crippen molar-refractivity contribution in [1.82, 2.24) is 9.97 Å². The van der Waals surface area contributed by atoms with Gasteiger partial charge in [-0.2, -0.15) is 4.98 Å². The van der Waals surface area contributed by atoms with Gasteiger partial charge in [-0.05, 0) is 38.1 Å². The third kappa shape index (κ3) is 2.98. The number of nitrogens with one attached hydrogen (secondary N) is 2. The average Bonchev–Trinajstić information content (AvgIpc) is 2.49. The quantitative estimate of drug-likeness (QED) is 0.752. The zero-order valence-electron chi connectivity index (χ0n) is 12.5. The van der Waals surface area contributed by atoms with Crippen molar-refractivity contribution in [1.29, 1.82) is 0 Å². The van der Waals surface area contributed by atoms with Gasteiger partial charge in [0.25, 0.3) is 0 Å². The minimum absolute atomic E-state index is 0.236. The van der Waals surface area contributed by atoms with E-state index < -0.39 is 0 Å². The standard InChI is InChI=1S/C17H17FN4/c1-11(2)19-16-12-7-3-5-9-14(12)20-17(22-16)21-15-10-6-4-8-13(15)18/h3-11H,1-2H3,(H2,19,20,21,22). The first-order chi connectivity index (χ1) is 10.6. The van der Waals surface area contributed by atoms with Gasteiger partial charge in [-0.25, -0.2) is 9.37 Å². The van der Waals surface area contributed by atoms with Crippen molar-refractivity contribution in [2.45, 2.75) is 19.9 Å². The van der Waals surface area contributed by atoms with Crippen LogP contribution in [0.15, 0.2) is 48.5 Å². The van der Waals surface area contributed by atoms with Crippen LogP contribution in [0.25, 0.3) is 10.9 Å². The third-order valence-corrected chi connectivity index (χ3v) is 3.15. The fourth-order valence-electron chi connectivity index (χ4n) is 2.20. The van der Waals surface area contributed by atoms with Gasteiger partial charge in [-0.15, -0.1) is 0 Å². The summed E-state index contributed by atoms with van der Waals surface area (Å²) in [5, 5.41) is 7.18. The second kappa shape index (κ2) is 5.97. The Kier molecular flexibility index (Phi) is 3.87. The lowest BCUT2D eigenvalue weighted by molar-refractivity contribution is 0.631. The Labute approximate surface area is 128 Å². The molecule has 0 aliphatic rings. The molecule has 0 aliphatic carbocycles. The maximum atomic E-state index is 13.8. The molecule has 1 aromatic heterocycles. The topological polar surface area (TPSA) is 49.8 Å². The smallest absolute Gasteiger partial charge is 0.229 e. The summed E-state index contributed by atoms with van der Waals surface area (Å²) >= 11 is 0. The first-order valence-electron chi connectivity index (χ1n) is 7.18. The number of rotatable bonds is 4. The Morgan fingerprint density at radius 2 is 1.68 bits per heavy atom. The van der Waals surface area contributed by atoms with Crippen LogP contribution in [0.3, 0.4) is 0 Å². The molecule has 22 heavy (non-hydrogen) atoms. The molecule has 0 unspecified atom stereocenters. The van der Waals surface area contributed by atoms with Gasteiger partial charge >= 0.3 is 0 Å². The Balaban J connectivity index is 2.05. The summed E-state index contributed by atoms with van der Waals surface area (Å²) in [5.74, 6) is 0.768. The van der Waals surface area contributed by atoms with E-state index in [9.17, 15) is 4.39 Å². The predicted octanol–water partition coefficient (Wildman–Crippen LogP) is 4.33. The summed E-state index contributed by atoms with van der Waals surface area (Å²) in [4.78, 5) is 8.93. The van der Waals surface area contributed by atoms with Crippen molar-refractivity contribution in [2.75, 3.05) is 10.6 Å². The van der Waals surface area contributed by atoms with Crippen LogP contribution in [-0.2, 0) is 0 Å². The number of hydrogen-bond donors (Lipinski definition) is 2. The number of fused-ring (bicyclic) bond motifs is 1. The van der Waals surface area contributed by atoms with Gasteiger partial charge in [-0.1, -0.05) is 24.3 Å². The molecule has 4 nitrogen and oxygen atoms in total. The molecule has 3 aromatic rings. The highest BCUT2D eigenvalue weighted by molar-refractivity contribution is 5.90. The molecule has 1 heterocycles. The highest BCUT2D eigenvalue weighted by atomic mass is 19.1. The molecule has 112 valence electrons. The highest BCUT2D eigenvalue weighted by Crippen LogP contribution is 2.24. The SMILES string of the molecule is CC(C)Nc1nc(Nc2ccccc2F)nc2ccccc12. The Morgan fingerprint density at radius 1 is 0.955 bits per heavy atom. The fraction of sp³-hybridized carbons (Fsp3) is 0.176. The number of benzene rings is 2. The first-order valence-corrected chi connectivity index (χ1v) is 7.18. The Bertz CT molecular complexity index is 802. The maximum absolute atomic E-state index is 13.8. The van der Waals surface area contributed by atoms with Gasteiger partial charge in [0.15, 0.2) is 0 Å². The number of para-hydroxylation sites is 2. The Hall–Kier alpha value is -2.69. The average molecular weight is 296 g/mol. The minimum Gasteiger partial charge on any atom is -0.367 e. The molecular formula is C17H17FN4. The number of hydrogen-bond acceptors (Lipinski definition) is 4. The third-order valence-electron chi connectivity index (χ3n) is 3.15. The molecular weight excluding hydrogens is 279 g/mol. The molecule has 0 radical (unpaired) electrons. The van der Waals surface area contributed by atoms with Crippen molar-refractivity contribution in [2.24, 2.45) is 0 Å². The van der Waals surface area contributed by atoms with Crippen LogP contribution in [0.4, 0.5) is 21.8 Å². The molecule has 2 N–H and O–H groups in total. The second-order valence-corrected chi connectivity index (χ2v) is 5.32. The fourth-order valence-corrected chi connectivity index (χ4v) is 2.20. The van der Waals surface area contributed by atoms with E-state index in [1.54, 1.807) is 18.2 Å². The van der Waals surface area contributed by atoms with Crippen LogP contribution in [0.2, 0.25) is 0 Å². The minimum atomic E-state index is -0.336. The molecule has 0 fully saturated rings. The summed E-state index contributed by atoms with van der Waals surface area (Å²) in [6.45, 7) is 4.09. The van der Waals surface area contributed by atoms with Crippen molar-refractivity contribution >= 4 is 28.4 Å². The number of anilines is 3. The van der Waals surface area contributed by atoms with Gasteiger partial charge in [-0.3, -0.25) is 0 Å². The first kappa shape index (κ1) is 14.3. The van der Waals surface area contributed by atoms with E-state index in [1.807, 2.05) is 38.1 Å². The van der Waals surface area contributed by atoms with E-state index in [4.69, 9.17) is 0 Å². The van der Waals surface area contributed by atoms with Crippen LogP contribution in [0.1, 0.15) is 13.8 Å². The monoisotopic (exact) mass is 296 g/mol. The van der Waals surface area contributed by atoms with Crippen molar-refractivity contribution in [3.8, 4) is 0 Å². The lowest BCUT2D eigenvalue weighted by atomic mass is 10.2. The molecule has 0 aliphatic heterocycles. The summed E-state index contributed by atoms with van der Waals surface area (Å²) < 4.78 is 13.8. The van der Waals surface area contributed by atoms with Gasteiger partial charge < -0.3 is 10.6 Å². The molecule has 0 saturated heterocycles. The second-order valence-electron chi connectivity index (χ2n) is 5.32. The molecule has 3 rings (SSSR count). The summed E-state index contributed by atoms with van der Waals surface area (Å²) in [6.07, 6.45) is 0. The van der Waals surface area contributed by atoms with Crippen molar-refractivity contribution in [3.63, 3.8) is 0 Å².